The van der Waals surface area contributed by atoms with Crippen molar-refractivity contribution in [1.82, 2.24) is 0 Å². The Labute approximate surface area is 187 Å². The maximum absolute atomic E-state index is 13.6. The summed E-state index contributed by atoms with van der Waals surface area (Å²) in [5.74, 6) is 0.426. The molecule has 158 valence electrons. The number of halogens is 1. The molecule has 1 fully saturated rings. The van der Waals surface area contributed by atoms with Gasteiger partial charge in [0.15, 0.2) is 5.78 Å². The van der Waals surface area contributed by atoms with Crippen LogP contribution >= 0.6 is 0 Å². The van der Waals surface area contributed by atoms with Crippen molar-refractivity contribution in [2.75, 3.05) is 13.1 Å². The van der Waals surface area contributed by atoms with Crippen LogP contribution < -0.4 is 17.0 Å². The monoisotopic (exact) mass is 457 g/mol. The van der Waals surface area contributed by atoms with Gasteiger partial charge in [-0.1, -0.05) is 55.0 Å². The highest BCUT2D eigenvalue weighted by molar-refractivity contribution is 5.85. The number of carbonyl (C=O) groups excluding carboxylic acids is 1. The number of likely N-dealkylation sites (tertiary alicyclic amines) is 1. The van der Waals surface area contributed by atoms with Gasteiger partial charge in [0.2, 0.25) is 0 Å². The Kier molecular flexibility index (Phi) is 8.66. The van der Waals surface area contributed by atoms with E-state index in [1.165, 1.54) is 47.1 Å². The molecule has 0 N–H and O–H groups in total. The van der Waals surface area contributed by atoms with E-state index in [4.69, 9.17) is 0 Å². The van der Waals surface area contributed by atoms with Gasteiger partial charge in [-0.25, -0.2) is 0 Å². The fraction of sp³-hybridized carbons (Fsp3) is 0.500. The molecule has 2 nitrogen and oxygen atoms in total. The lowest BCUT2D eigenvalue weighted by molar-refractivity contribution is -0.959. The summed E-state index contributed by atoms with van der Waals surface area (Å²) in [5.41, 5.74) is 6.40. The molecule has 2 aromatic rings. The summed E-state index contributed by atoms with van der Waals surface area (Å²) in [4.78, 5) is 13.6. The van der Waals surface area contributed by atoms with Gasteiger partial charge in [-0.05, 0) is 56.7 Å². The zero-order valence-corrected chi connectivity index (χ0v) is 20.1. The summed E-state index contributed by atoms with van der Waals surface area (Å²) < 4.78 is 0.948. The summed E-state index contributed by atoms with van der Waals surface area (Å²) in [7, 11) is 0. The molecule has 0 saturated carbocycles. The number of hydrogen-bond donors (Lipinski definition) is 0. The van der Waals surface area contributed by atoms with E-state index in [9.17, 15) is 4.79 Å². The SMILES string of the molecule is CCC(C(=O)Cc1c(C)cc(C)cc1C)[N+]1(Cc2ccccc2)CCCCC1.[Br-]. The minimum atomic E-state index is 0. The number of carbonyl (C=O) groups is 1. The molecule has 0 bridgehead atoms. The number of quaternary nitrogens is 1. The molecule has 1 aliphatic heterocycles. The second kappa shape index (κ2) is 10.5. The van der Waals surface area contributed by atoms with Crippen LogP contribution in [0.15, 0.2) is 42.5 Å². The van der Waals surface area contributed by atoms with Crippen LogP contribution in [0.1, 0.15) is 60.4 Å². The molecule has 2 aromatic carbocycles. The first-order valence-corrected chi connectivity index (χ1v) is 10.9. The van der Waals surface area contributed by atoms with Crippen LogP contribution in [0.3, 0.4) is 0 Å². The maximum atomic E-state index is 13.6. The van der Waals surface area contributed by atoms with E-state index >= 15 is 0 Å². The third-order valence-electron chi connectivity index (χ3n) is 6.66. The predicted molar refractivity (Wildman–Crippen MR) is 117 cm³/mol. The normalized spacial score (nSPS) is 16.7. The molecule has 0 spiro atoms. The van der Waals surface area contributed by atoms with Crippen molar-refractivity contribution in [2.24, 2.45) is 0 Å². The number of aryl methyl sites for hydroxylation is 3. The molecule has 3 heteroatoms. The Morgan fingerprint density at radius 1 is 0.966 bits per heavy atom. The molecule has 0 aliphatic carbocycles. The second-order valence-corrected chi connectivity index (χ2v) is 8.81. The zero-order chi connectivity index (χ0) is 20.1. The molecule has 0 radical (unpaired) electrons. The lowest BCUT2D eigenvalue weighted by atomic mass is 9.90. The summed E-state index contributed by atoms with van der Waals surface area (Å²) in [5, 5.41) is 0. The molecule has 29 heavy (non-hydrogen) atoms. The van der Waals surface area contributed by atoms with Gasteiger partial charge >= 0.3 is 0 Å². The number of rotatable bonds is 7. The summed E-state index contributed by atoms with van der Waals surface area (Å²) in [6.45, 7) is 11.9. The minimum absolute atomic E-state index is 0. The molecule has 0 aromatic heterocycles. The van der Waals surface area contributed by atoms with Crippen LogP contribution in [0, 0.1) is 20.8 Å². The highest BCUT2D eigenvalue weighted by atomic mass is 79.9. The Morgan fingerprint density at radius 2 is 1.55 bits per heavy atom. The largest absolute Gasteiger partial charge is 1.00 e. The van der Waals surface area contributed by atoms with Crippen LogP contribution in [0.2, 0.25) is 0 Å². The highest BCUT2D eigenvalue weighted by Crippen LogP contribution is 2.30. The number of ketones is 1. The molecule has 1 heterocycles. The van der Waals surface area contributed by atoms with Crippen molar-refractivity contribution in [3.8, 4) is 0 Å². The van der Waals surface area contributed by atoms with Gasteiger partial charge in [-0.15, -0.1) is 0 Å². The standard InChI is InChI=1S/C26H36NO.BrH/c1-5-25(26(28)18-24-21(3)16-20(2)17-22(24)4)27(14-10-7-11-15-27)19-23-12-8-6-9-13-23;/h6,8-9,12-13,16-17,25H,5,7,10-11,14-15,18-19H2,1-4H3;1H/q+1;/p-1. The third kappa shape index (κ3) is 5.58. The molecule has 1 atom stereocenters. The Balaban J connectivity index is 0.00000300. The van der Waals surface area contributed by atoms with Gasteiger partial charge in [0.05, 0.1) is 13.1 Å². The van der Waals surface area contributed by atoms with E-state index in [0.29, 0.717) is 12.2 Å². The van der Waals surface area contributed by atoms with Crippen LogP contribution in [-0.4, -0.2) is 29.4 Å². The van der Waals surface area contributed by atoms with Crippen LogP contribution in [-0.2, 0) is 17.8 Å². The first-order valence-electron chi connectivity index (χ1n) is 10.9. The van der Waals surface area contributed by atoms with E-state index in [0.717, 1.165) is 30.5 Å². The van der Waals surface area contributed by atoms with Crippen molar-refractivity contribution < 1.29 is 26.3 Å². The van der Waals surface area contributed by atoms with E-state index < -0.39 is 0 Å². The summed E-state index contributed by atoms with van der Waals surface area (Å²) >= 11 is 0. The molecule has 1 unspecified atom stereocenters. The zero-order valence-electron chi connectivity index (χ0n) is 18.5. The van der Waals surface area contributed by atoms with E-state index in [1.54, 1.807) is 0 Å². The minimum Gasteiger partial charge on any atom is -1.00 e. The van der Waals surface area contributed by atoms with Gasteiger partial charge in [0, 0.05) is 18.4 Å². The first kappa shape index (κ1) is 23.8. The lowest BCUT2D eigenvalue weighted by Crippen LogP contribution is -3.00. The number of nitrogens with zero attached hydrogens (tertiary/aromatic N) is 1. The third-order valence-corrected chi connectivity index (χ3v) is 6.66. The highest BCUT2D eigenvalue weighted by Gasteiger charge is 2.41. The summed E-state index contributed by atoms with van der Waals surface area (Å²) in [6, 6.07) is 15.3. The van der Waals surface area contributed by atoms with Crippen molar-refractivity contribution in [3.63, 3.8) is 0 Å². The van der Waals surface area contributed by atoms with Crippen molar-refractivity contribution in [3.05, 3.63) is 70.3 Å². The molecular formula is C26H36BrNO. The number of piperidine rings is 1. The fourth-order valence-electron chi connectivity index (χ4n) is 5.37. The quantitative estimate of drug-likeness (QED) is 0.584. The average Bonchev–Trinajstić information content (AvgIpc) is 2.66. The molecule has 3 rings (SSSR count). The lowest BCUT2D eigenvalue weighted by Gasteiger charge is -2.46. The fourth-order valence-corrected chi connectivity index (χ4v) is 5.37. The van der Waals surface area contributed by atoms with E-state index in [-0.39, 0.29) is 23.0 Å². The van der Waals surface area contributed by atoms with Crippen molar-refractivity contribution in [1.29, 1.82) is 0 Å². The van der Waals surface area contributed by atoms with Crippen molar-refractivity contribution >= 4 is 5.78 Å². The van der Waals surface area contributed by atoms with E-state index in [2.05, 4.69) is 70.2 Å². The Hall–Kier alpha value is -1.45. The van der Waals surface area contributed by atoms with Gasteiger partial charge in [-0.2, -0.15) is 0 Å². The number of benzene rings is 2. The average molecular weight is 458 g/mol. The summed E-state index contributed by atoms with van der Waals surface area (Å²) in [6.07, 6.45) is 5.27. The predicted octanol–water partition coefficient (Wildman–Crippen LogP) is 2.71. The number of Topliss-reactive ketones (excluding diaryl/α,β-unsaturated/α-hetero) is 1. The topological polar surface area (TPSA) is 17.1 Å². The molecule has 1 saturated heterocycles. The Morgan fingerprint density at radius 3 is 2.10 bits per heavy atom. The first-order chi connectivity index (χ1) is 13.4. The molecular weight excluding hydrogens is 422 g/mol. The van der Waals surface area contributed by atoms with Gasteiger partial charge in [-0.3, -0.25) is 4.79 Å². The Bertz CT molecular complexity index is 786. The maximum Gasteiger partial charge on any atom is 0.194 e. The van der Waals surface area contributed by atoms with Crippen LogP contribution in [0.25, 0.3) is 0 Å². The number of hydrogen-bond acceptors (Lipinski definition) is 1. The molecule has 0 amide bonds. The van der Waals surface area contributed by atoms with Gasteiger partial charge < -0.3 is 21.5 Å². The van der Waals surface area contributed by atoms with Crippen molar-refractivity contribution in [2.45, 2.75) is 72.4 Å². The molecule has 1 aliphatic rings. The second-order valence-electron chi connectivity index (χ2n) is 8.81. The smallest absolute Gasteiger partial charge is 0.194 e. The van der Waals surface area contributed by atoms with Gasteiger partial charge in [0.1, 0.15) is 12.6 Å². The van der Waals surface area contributed by atoms with Crippen LogP contribution in [0.4, 0.5) is 0 Å². The van der Waals surface area contributed by atoms with E-state index in [1.807, 2.05) is 0 Å². The van der Waals surface area contributed by atoms with Gasteiger partial charge in [0.25, 0.3) is 0 Å². The van der Waals surface area contributed by atoms with Crippen LogP contribution in [0.5, 0.6) is 0 Å².